The molecule has 0 unspecified atom stereocenters. The van der Waals surface area contributed by atoms with Crippen molar-refractivity contribution in [3.8, 4) is 0 Å². The molecule has 0 radical (unpaired) electrons. The van der Waals surface area contributed by atoms with E-state index >= 15 is 0 Å². The third-order valence-corrected chi connectivity index (χ3v) is 5.61. The van der Waals surface area contributed by atoms with Crippen molar-refractivity contribution in [1.29, 1.82) is 0 Å². The predicted octanol–water partition coefficient (Wildman–Crippen LogP) is 4.89. The van der Waals surface area contributed by atoms with Crippen molar-refractivity contribution in [2.75, 3.05) is 0 Å². The highest BCUT2D eigenvalue weighted by atomic mass is 35.5. The SMILES string of the molecule is O=C(NCc1cccc(Cl)c1)c1ccc2c(=O)n(CCc3ccccc3)c(=S)[nH]c2c1. The summed E-state index contributed by atoms with van der Waals surface area (Å²) in [6.07, 6.45) is 0.702. The van der Waals surface area contributed by atoms with Crippen molar-refractivity contribution in [3.63, 3.8) is 0 Å². The van der Waals surface area contributed by atoms with Crippen molar-refractivity contribution >= 4 is 40.6 Å². The number of halogens is 1. The average molecular weight is 450 g/mol. The first-order valence-corrected chi connectivity index (χ1v) is 10.6. The van der Waals surface area contributed by atoms with Crippen LogP contribution in [-0.4, -0.2) is 15.5 Å². The summed E-state index contributed by atoms with van der Waals surface area (Å²) in [5.41, 5.74) is 2.86. The van der Waals surface area contributed by atoms with Gasteiger partial charge in [0.05, 0.1) is 10.9 Å². The number of carbonyl (C=O) groups is 1. The first kappa shape index (κ1) is 21.0. The van der Waals surface area contributed by atoms with Gasteiger partial charge in [0.15, 0.2) is 4.77 Å². The number of rotatable bonds is 6. The van der Waals surface area contributed by atoms with Gasteiger partial charge in [0.25, 0.3) is 11.5 Å². The minimum atomic E-state index is -0.241. The van der Waals surface area contributed by atoms with E-state index in [-0.39, 0.29) is 11.5 Å². The number of nitrogens with one attached hydrogen (secondary N) is 2. The van der Waals surface area contributed by atoms with Gasteiger partial charge in [0, 0.05) is 23.7 Å². The molecule has 3 aromatic carbocycles. The third-order valence-electron chi connectivity index (χ3n) is 5.05. The average Bonchev–Trinajstić information content (AvgIpc) is 2.77. The van der Waals surface area contributed by atoms with E-state index in [0.29, 0.717) is 45.8 Å². The molecule has 0 bridgehead atoms. The number of aromatic amines is 1. The Morgan fingerprint density at radius 3 is 2.55 bits per heavy atom. The van der Waals surface area contributed by atoms with Crippen LogP contribution in [0.4, 0.5) is 0 Å². The van der Waals surface area contributed by atoms with E-state index in [1.165, 1.54) is 0 Å². The molecule has 2 N–H and O–H groups in total. The zero-order chi connectivity index (χ0) is 21.8. The summed E-state index contributed by atoms with van der Waals surface area (Å²) in [6.45, 7) is 0.838. The highest BCUT2D eigenvalue weighted by Gasteiger charge is 2.11. The van der Waals surface area contributed by atoms with Gasteiger partial charge < -0.3 is 10.3 Å². The number of aryl methyl sites for hydroxylation is 1. The van der Waals surface area contributed by atoms with Crippen molar-refractivity contribution in [3.05, 3.63) is 110 Å². The highest BCUT2D eigenvalue weighted by Crippen LogP contribution is 2.13. The molecule has 0 aliphatic carbocycles. The maximum absolute atomic E-state index is 13.0. The normalized spacial score (nSPS) is 10.9. The second-order valence-electron chi connectivity index (χ2n) is 7.20. The number of hydrogen-bond acceptors (Lipinski definition) is 3. The Morgan fingerprint density at radius 1 is 1.00 bits per heavy atom. The van der Waals surface area contributed by atoms with Crippen LogP contribution < -0.4 is 10.9 Å². The molecule has 4 rings (SSSR count). The van der Waals surface area contributed by atoms with E-state index in [0.717, 1.165) is 11.1 Å². The Balaban J connectivity index is 1.54. The minimum Gasteiger partial charge on any atom is -0.348 e. The van der Waals surface area contributed by atoms with Crippen LogP contribution in [0.25, 0.3) is 10.9 Å². The van der Waals surface area contributed by atoms with Gasteiger partial charge in [-0.2, -0.15) is 0 Å². The van der Waals surface area contributed by atoms with Crippen LogP contribution in [-0.2, 0) is 19.5 Å². The van der Waals surface area contributed by atoms with Crippen molar-refractivity contribution < 1.29 is 4.79 Å². The van der Waals surface area contributed by atoms with Crippen molar-refractivity contribution in [1.82, 2.24) is 14.9 Å². The first-order valence-electron chi connectivity index (χ1n) is 9.85. The number of fused-ring (bicyclic) bond motifs is 1. The molecule has 7 heteroatoms. The molecule has 5 nitrogen and oxygen atoms in total. The topological polar surface area (TPSA) is 66.9 Å². The van der Waals surface area contributed by atoms with Gasteiger partial charge in [0.1, 0.15) is 0 Å². The number of carbonyl (C=O) groups excluding carboxylic acids is 1. The zero-order valence-corrected chi connectivity index (χ0v) is 18.2. The second-order valence-corrected chi connectivity index (χ2v) is 8.02. The second kappa shape index (κ2) is 9.29. The van der Waals surface area contributed by atoms with E-state index in [2.05, 4.69) is 10.3 Å². The molecule has 0 atom stereocenters. The van der Waals surface area contributed by atoms with E-state index in [9.17, 15) is 9.59 Å². The molecular weight excluding hydrogens is 430 g/mol. The van der Waals surface area contributed by atoms with E-state index in [1.807, 2.05) is 42.5 Å². The molecule has 0 fully saturated rings. The predicted molar refractivity (Wildman–Crippen MR) is 126 cm³/mol. The number of benzene rings is 3. The first-order chi connectivity index (χ1) is 15.0. The summed E-state index contributed by atoms with van der Waals surface area (Å²) in [6, 6.07) is 22.2. The molecule has 0 aliphatic rings. The zero-order valence-electron chi connectivity index (χ0n) is 16.6. The standard InChI is InChI=1S/C24H20ClN3O2S/c25-19-8-4-7-17(13-19)15-26-22(29)18-9-10-20-21(14-18)27-24(31)28(23(20)30)12-11-16-5-2-1-3-6-16/h1-10,13-14H,11-12,15H2,(H,26,29)(H,27,31). The maximum Gasteiger partial charge on any atom is 0.262 e. The number of amides is 1. The van der Waals surface area contributed by atoms with Gasteiger partial charge in [-0.05, 0) is 60.1 Å². The van der Waals surface area contributed by atoms with Crippen LogP contribution in [0.15, 0.2) is 77.6 Å². The summed E-state index contributed by atoms with van der Waals surface area (Å²) in [7, 11) is 0. The maximum atomic E-state index is 13.0. The van der Waals surface area contributed by atoms with Crippen molar-refractivity contribution in [2.24, 2.45) is 0 Å². The van der Waals surface area contributed by atoms with E-state index in [1.54, 1.807) is 34.9 Å². The number of hydrogen-bond donors (Lipinski definition) is 2. The Labute approximate surface area is 189 Å². The third kappa shape index (κ3) is 4.93. The molecule has 0 saturated carbocycles. The molecule has 0 aliphatic heterocycles. The number of aromatic nitrogens is 2. The fourth-order valence-electron chi connectivity index (χ4n) is 3.42. The fourth-order valence-corrected chi connectivity index (χ4v) is 3.91. The van der Waals surface area contributed by atoms with E-state index < -0.39 is 0 Å². The van der Waals surface area contributed by atoms with Gasteiger partial charge in [-0.25, -0.2) is 0 Å². The van der Waals surface area contributed by atoms with Crippen LogP contribution in [0, 0.1) is 4.77 Å². The largest absolute Gasteiger partial charge is 0.348 e. The lowest BCUT2D eigenvalue weighted by atomic mass is 10.1. The minimum absolute atomic E-state index is 0.166. The molecule has 1 heterocycles. The van der Waals surface area contributed by atoms with Gasteiger partial charge in [-0.3, -0.25) is 14.2 Å². The van der Waals surface area contributed by atoms with Crippen LogP contribution in [0.2, 0.25) is 5.02 Å². The Kier molecular flexibility index (Phi) is 6.30. The van der Waals surface area contributed by atoms with Crippen LogP contribution in [0.5, 0.6) is 0 Å². The lowest BCUT2D eigenvalue weighted by molar-refractivity contribution is 0.0951. The Hall–Kier alpha value is -3.22. The van der Waals surface area contributed by atoms with Crippen LogP contribution in [0.1, 0.15) is 21.5 Å². The van der Waals surface area contributed by atoms with Crippen molar-refractivity contribution in [2.45, 2.75) is 19.5 Å². The lowest BCUT2D eigenvalue weighted by Gasteiger charge is -2.10. The van der Waals surface area contributed by atoms with E-state index in [4.69, 9.17) is 23.8 Å². The smallest absolute Gasteiger partial charge is 0.262 e. The quantitative estimate of drug-likeness (QED) is 0.412. The molecule has 4 aromatic rings. The van der Waals surface area contributed by atoms with Crippen LogP contribution in [0.3, 0.4) is 0 Å². The summed E-state index contributed by atoms with van der Waals surface area (Å²) < 4.78 is 1.90. The summed E-state index contributed by atoms with van der Waals surface area (Å²) in [4.78, 5) is 28.6. The Bertz CT molecular complexity index is 1360. The molecular formula is C24H20ClN3O2S. The monoisotopic (exact) mass is 449 g/mol. The highest BCUT2D eigenvalue weighted by molar-refractivity contribution is 7.71. The number of H-pyrrole nitrogens is 1. The molecule has 31 heavy (non-hydrogen) atoms. The summed E-state index contributed by atoms with van der Waals surface area (Å²) in [5.74, 6) is -0.241. The molecule has 1 aromatic heterocycles. The van der Waals surface area contributed by atoms with Gasteiger partial charge in [0.2, 0.25) is 0 Å². The van der Waals surface area contributed by atoms with Crippen LogP contribution >= 0.6 is 23.8 Å². The van der Waals surface area contributed by atoms with Gasteiger partial charge in [-0.15, -0.1) is 0 Å². The molecule has 1 amide bonds. The summed E-state index contributed by atoms with van der Waals surface area (Å²) in [5, 5.41) is 3.98. The molecule has 0 spiro atoms. The number of nitrogens with zero attached hydrogens (tertiary/aromatic N) is 1. The molecule has 0 saturated heterocycles. The fraction of sp³-hybridized carbons (Fsp3) is 0.125. The molecule has 156 valence electrons. The summed E-state index contributed by atoms with van der Waals surface area (Å²) >= 11 is 11.4. The van der Waals surface area contributed by atoms with Gasteiger partial charge >= 0.3 is 0 Å². The lowest BCUT2D eigenvalue weighted by Crippen LogP contribution is -2.25. The van der Waals surface area contributed by atoms with Gasteiger partial charge in [-0.1, -0.05) is 54.1 Å². The Morgan fingerprint density at radius 2 is 1.77 bits per heavy atom.